The summed E-state index contributed by atoms with van der Waals surface area (Å²) in [5.41, 5.74) is 1.35. The Morgan fingerprint density at radius 2 is 1.21 bits per heavy atom. The average Bonchev–Trinajstić information content (AvgIpc) is 3.10. The first-order valence-electron chi connectivity index (χ1n) is 19.2. The summed E-state index contributed by atoms with van der Waals surface area (Å²) in [6, 6.07) is 29.1. The van der Waals surface area contributed by atoms with Crippen molar-refractivity contribution in [3.05, 3.63) is 90.5 Å². The van der Waals surface area contributed by atoms with E-state index in [1.54, 1.807) is 7.11 Å². The van der Waals surface area contributed by atoms with Crippen LogP contribution in [0, 0.1) is 17.3 Å². The zero-order valence-electron chi connectivity index (χ0n) is 34.7. The lowest BCUT2D eigenvalue weighted by Gasteiger charge is -2.45. The Kier molecular flexibility index (Phi) is 16.2. The molecule has 0 saturated carbocycles. The average molecular weight is 759 g/mol. The van der Waals surface area contributed by atoms with Crippen LogP contribution in [0.5, 0.6) is 5.75 Å². The molecule has 0 fully saturated rings. The molecule has 0 aliphatic rings. The third kappa shape index (κ3) is 11.2. The van der Waals surface area contributed by atoms with Crippen molar-refractivity contribution in [1.29, 1.82) is 0 Å². The Bertz CT molecular complexity index is 1540. The van der Waals surface area contributed by atoms with E-state index < -0.39 is 34.3 Å². The normalized spacial score (nSPS) is 13.8. The fraction of sp³-hybridized carbons (Fsp3) is 0.533. The van der Waals surface area contributed by atoms with Gasteiger partial charge in [-0.1, -0.05) is 147 Å². The Balaban J connectivity index is 2.03. The van der Waals surface area contributed by atoms with E-state index in [1.165, 1.54) is 10.4 Å². The second kappa shape index (κ2) is 19.4. The largest absolute Gasteiger partial charge is 0.497 e. The van der Waals surface area contributed by atoms with Crippen molar-refractivity contribution in [1.82, 2.24) is 0 Å². The molecule has 0 radical (unpaired) electrons. The summed E-state index contributed by atoms with van der Waals surface area (Å²) in [6.45, 7) is 26.7. The lowest BCUT2D eigenvalue weighted by Crippen LogP contribution is -2.66. The quantitative estimate of drug-likeness (QED) is 0.0777. The second-order valence-corrected chi connectivity index (χ2v) is 26.7. The standard InChI is InChI=1S/C45H66O6Si2/c1-34(2)52(35(3)4,36(5)6)51-42(33-49-43(46)44(7,8)9)41(48-32-37-27-29-38(47-13)30-28-37)26-20-21-31-50-53(45(10,11)12,39-22-16-14-17-23-39)40-24-18-15-19-25-40/h14-19,22-25,27-30,34-36,41-42H,26,31-33H2,1-13H3/t41-,42+/m1/s1. The Morgan fingerprint density at radius 1 is 0.698 bits per heavy atom. The molecule has 2 atom stereocenters. The highest BCUT2D eigenvalue weighted by Gasteiger charge is 2.50. The van der Waals surface area contributed by atoms with Gasteiger partial charge in [-0.2, -0.15) is 0 Å². The zero-order valence-corrected chi connectivity index (χ0v) is 36.7. The minimum atomic E-state index is -2.75. The third-order valence-corrected chi connectivity index (χ3v) is 21.4. The van der Waals surface area contributed by atoms with E-state index in [1.807, 2.05) is 45.0 Å². The van der Waals surface area contributed by atoms with Gasteiger partial charge in [0.2, 0.25) is 8.32 Å². The van der Waals surface area contributed by atoms with Crippen molar-refractivity contribution in [3.8, 4) is 17.6 Å². The Morgan fingerprint density at radius 3 is 1.64 bits per heavy atom. The Labute approximate surface area is 323 Å². The van der Waals surface area contributed by atoms with Gasteiger partial charge in [-0.15, -0.1) is 0 Å². The molecule has 3 rings (SSSR count). The Hall–Kier alpha value is -3.20. The van der Waals surface area contributed by atoms with Crippen LogP contribution in [-0.2, 0) is 29.7 Å². The molecule has 0 spiro atoms. The van der Waals surface area contributed by atoms with Gasteiger partial charge >= 0.3 is 5.97 Å². The van der Waals surface area contributed by atoms with Crippen LogP contribution in [0.2, 0.25) is 21.7 Å². The van der Waals surface area contributed by atoms with E-state index in [0.29, 0.717) is 29.7 Å². The molecule has 8 heteroatoms. The number of carbonyl (C=O) groups is 1. The highest BCUT2D eigenvalue weighted by atomic mass is 28.4. The molecule has 0 heterocycles. The van der Waals surface area contributed by atoms with Gasteiger partial charge in [0, 0.05) is 6.42 Å². The summed E-state index contributed by atoms with van der Waals surface area (Å²) in [4.78, 5) is 13.1. The van der Waals surface area contributed by atoms with Crippen molar-refractivity contribution in [3.63, 3.8) is 0 Å². The smallest absolute Gasteiger partial charge is 0.311 e. The van der Waals surface area contributed by atoms with Crippen LogP contribution in [-0.4, -0.2) is 55.1 Å². The number of hydrogen-bond donors (Lipinski definition) is 0. The zero-order chi connectivity index (χ0) is 39.5. The van der Waals surface area contributed by atoms with Crippen LogP contribution in [0.15, 0.2) is 84.9 Å². The maximum absolute atomic E-state index is 13.1. The number of benzene rings is 3. The number of hydrogen-bond acceptors (Lipinski definition) is 6. The monoisotopic (exact) mass is 758 g/mol. The first-order chi connectivity index (χ1) is 24.9. The predicted octanol–water partition coefficient (Wildman–Crippen LogP) is 9.70. The first-order valence-corrected chi connectivity index (χ1v) is 23.2. The number of ether oxygens (including phenoxy) is 3. The minimum Gasteiger partial charge on any atom is -0.497 e. The van der Waals surface area contributed by atoms with Crippen molar-refractivity contribution in [2.24, 2.45) is 5.41 Å². The minimum absolute atomic E-state index is 0.0878. The molecule has 0 aliphatic carbocycles. The van der Waals surface area contributed by atoms with E-state index >= 15 is 0 Å². The number of carbonyl (C=O) groups excluding carboxylic acids is 1. The van der Waals surface area contributed by atoms with Crippen molar-refractivity contribution in [2.75, 3.05) is 20.3 Å². The predicted molar refractivity (Wildman–Crippen MR) is 224 cm³/mol. The first kappa shape index (κ1) is 44.2. The van der Waals surface area contributed by atoms with E-state index in [0.717, 1.165) is 11.3 Å². The van der Waals surface area contributed by atoms with Gasteiger partial charge in [0.15, 0.2) is 0 Å². The highest BCUT2D eigenvalue weighted by molar-refractivity contribution is 6.99. The summed E-state index contributed by atoms with van der Waals surface area (Å²) in [5, 5.41) is 2.27. The number of methoxy groups -OCH3 is 1. The molecule has 0 aliphatic heterocycles. The van der Waals surface area contributed by atoms with Crippen molar-refractivity contribution in [2.45, 2.75) is 130 Å². The molecule has 0 N–H and O–H groups in total. The highest BCUT2D eigenvalue weighted by Crippen LogP contribution is 2.44. The van der Waals surface area contributed by atoms with Gasteiger partial charge in [-0.3, -0.25) is 4.79 Å². The summed E-state index contributed by atoms with van der Waals surface area (Å²) >= 11 is 0. The summed E-state index contributed by atoms with van der Waals surface area (Å²) in [5.74, 6) is 7.34. The molecule has 6 nitrogen and oxygen atoms in total. The van der Waals surface area contributed by atoms with E-state index in [4.69, 9.17) is 23.1 Å². The maximum Gasteiger partial charge on any atom is 0.311 e. The molecular weight excluding hydrogens is 693 g/mol. The third-order valence-electron chi connectivity index (χ3n) is 10.3. The second-order valence-electron chi connectivity index (χ2n) is 17.0. The molecule has 290 valence electrons. The van der Waals surface area contributed by atoms with E-state index in [9.17, 15) is 4.79 Å². The SMILES string of the molecule is COc1ccc(CO[C@H](CC#CCO[Si](c2ccccc2)(c2ccccc2)C(C)(C)C)[C@H](COC(=O)C(C)(C)C)O[Si](C(C)C)(C(C)C)C(C)C)cc1. The van der Waals surface area contributed by atoms with Crippen LogP contribution >= 0.6 is 0 Å². The van der Waals surface area contributed by atoms with Crippen molar-refractivity contribution >= 4 is 33.0 Å². The van der Waals surface area contributed by atoms with Crippen LogP contribution < -0.4 is 15.1 Å². The molecule has 0 amide bonds. The van der Waals surface area contributed by atoms with Crippen LogP contribution in [0.1, 0.15) is 95.1 Å². The fourth-order valence-electron chi connectivity index (χ4n) is 7.61. The van der Waals surface area contributed by atoms with E-state index in [2.05, 4.69) is 135 Å². The summed E-state index contributed by atoms with van der Waals surface area (Å²) < 4.78 is 32.6. The number of esters is 1. The summed E-state index contributed by atoms with van der Waals surface area (Å²) in [6.07, 6.45) is -0.588. The molecule has 0 bridgehead atoms. The van der Waals surface area contributed by atoms with E-state index in [-0.39, 0.29) is 24.2 Å². The molecular formula is C45H66O6Si2. The lowest BCUT2D eigenvalue weighted by atomic mass is 9.97. The fourth-order valence-corrected chi connectivity index (χ4v) is 17.6. The van der Waals surface area contributed by atoms with Gasteiger partial charge in [0.25, 0.3) is 8.32 Å². The maximum atomic E-state index is 13.1. The van der Waals surface area contributed by atoms with Gasteiger partial charge in [0.05, 0.1) is 31.8 Å². The van der Waals surface area contributed by atoms with Crippen LogP contribution in [0.25, 0.3) is 0 Å². The molecule has 53 heavy (non-hydrogen) atoms. The lowest BCUT2D eigenvalue weighted by molar-refractivity contribution is -0.159. The molecule has 0 saturated heterocycles. The number of rotatable bonds is 17. The van der Waals surface area contributed by atoms with Gasteiger partial charge in [-0.25, -0.2) is 0 Å². The van der Waals surface area contributed by atoms with Gasteiger partial charge in [0.1, 0.15) is 18.5 Å². The molecule has 3 aromatic rings. The van der Waals surface area contributed by atoms with Crippen molar-refractivity contribution < 1.29 is 27.9 Å². The van der Waals surface area contributed by atoms with Crippen LogP contribution in [0.3, 0.4) is 0 Å². The van der Waals surface area contributed by atoms with Gasteiger partial charge < -0.3 is 23.1 Å². The summed E-state index contributed by atoms with van der Waals surface area (Å²) in [7, 11) is -3.51. The van der Waals surface area contributed by atoms with Crippen LogP contribution in [0.4, 0.5) is 0 Å². The van der Waals surface area contributed by atoms with Gasteiger partial charge in [-0.05, 0) is 70.5 Å². The topological polar surface area (TPSA) is 63.2 Å². The molecule has 0 aromatic heterocycles. The molecule has 3 aromatic carbocycles. The molecule has 0 unspecified atom stereocenters.